The van der Waals surface area contributed by atoms with Gasteiger partial charge in [0.2, 0.25) is 5.91 Å². The second-order valence-corrected chi connectivity index (χ2v) is 6.94. The summed E-state index contributed by atoms with van der Waals surface area (Å²) >= 11 is 0. The summed E-state index contributed by atoms with van der Waals surface area (Å²) < 4.78 is 31.2. The summed E-state index contributed by atoms with van der Waals surface area (Å²) in [7, 11) is 1.43. The molecule has 3 aromatic rings. The smallest absolute Gasteiger partial charge is 0.253 e. The van der Waals surface area contributed by atoms with Crippen LogP contribution in [0.5, 0.6) is 0 Å². The molecule has 7 heteroatoms. The molecular formula is C24H22F2N2O3. The van der Waals surface area contributed by atoms with Crippen LogP contribution in [0.4, 0.5) is 20.2 Å². The largest absolute Gasteiger partial charge is 0.375 e. The Labute approximate surface area is 179 Å². The Kier molecular flexibility index (Phi) is 7.45. The maximum Gasteiger partial charge on any atom is 0.253 e. The predicted octanol–water partition coefficient (Wildman–Crippen LogP) is 4.33. The summed E-state index contributed by atoms with van der Waals surface area (Å²) in [6.45, 7) is 0.115. The molecule has 0 saturated heterocycles. The van der Waals surface area contributed by atoms with Gasteiger partial charge in [-0.2, -0.15) is 0 Å². The van der Waals surface area contributed by atoms with E-state index >= 15 is 0 Å². The molecule has 0 aromatic heterocycles. The van der Waals surface area contributed by atoms with Crippen LogP contribution in [0.2, 0.25) is 0 Å². The van der Waals surface area contributed by atoms with Gasteiger partial charge in [-0.25, -0.2) is 8.78 Å². The fourth-order valence-corrected chi connectivity index (χ4v) is 3.06. The summed E-state index contributed by atoms with van der Waals surface area (Å²) in [5.41, 5.74) is 2.55. The quantitative estimate of drug-likeness (QED) is 0.586. The van der Waals surface area contributed by atoms with Crippen LogP contribution in [-0.2, 0) is 27.3 Å². The molecule has 0 radical (unpaired) electrons. The number of anilines is 2. The van der Waals surface area contributed by atoms with Crippen molar-refractivity contribution in [2.45, 2.75) is 13.0 Å². The van der Waals surface area contributed by atoms with Crippen molar-refractivity contribution in [1.29, 1.82) is 0 Å². The van der Waals surface area contributed by atoms with Gasteiger partial charge in [0.25, 0.3) is 5.91 Å². The maximum absolute atomic E-state index is 13.2. The van der Waals surface area contributed by atoms with Crippen molar-refractivity contribution in [2.24, 2.45) is 0 Å². The normalized spacial score (nSPS) is 10.5. The average molecular weight is 424 g/mol. The van der Waals surface area contributed by atoms with Crippen molar-refractivity contribution in [2.75, 3.05) is 23.9 Å². The van der Waals surface area contributed by atoms with Gasteiger partial charge < -0.3 is 15.0 Å². The lowest BCUT2D eigenvalue weighted by Gasteiger charge is -2.23. The first-order valence-corrected chi connectivity index (χ1v) is 9.62. The number of hydrogen-bond donors (Lipinski definition) is 1. The lowest BCUT2D eigenvalue weighted by molar-refractivity contribution is -0.122. The predicted molar refractivity (Wildman–Crippen MR) is 115 cm³/mol. The van der Waals surface area contributed by atoms with E-state index < -0.39 is 0 Å². The van der Waals surface area contributed by atoms with Crippen molar-refractivity contribution >= 4 is 23.2 Å². The van der Waals surface area contributed by atoms with Crippen LogP contribution in [0.15, 0.2) is 72.8 Å². The first kappa shape index (κ1) is 22.1. The molecule has 0 aliphatic carbocycles. The third-order valence-corrected chi connectivity index (χ3v) is 4.54. The minimum Gasteiger partial charge on any atom is -0.375 e. The zero-order valence-electron chi connectivity index (χ0n) is 17.0. The molecule has 3 aromatic carbocycles. The molecule has 0 aliphatic heterocycles. The van der Waals surface area contributed by atoms with Gasteiger partial charge in [-0.1, -0.05) is 24.3 Å². The minimum atomic E-state index is -0.382. The zero-order valence-corrected chi connectivity index (χ0v) is 17.0. The first-order valence-electron chi connectivity index (χ1n) is 9.62. The topological polar surface area (TPSA) is 58.6 Å². The highest BCUT2D eigenvalue weighted by atomic mass is 19.1. The lowest BCUT2D eigenvalue weighted by atomic mass is 10.1. The molecule has 0 saturated carbocycles. The van der Waals surface area contributed by atoms with Crippen molar-refractivity contribution in [3.05, 3.63) is 95.6 Å². The number of hydrogen-bond acceptors (Lipinski definition) is 3. The zero-order chi connectivity index (χ0) is 22.2. The number of halogens is 2. The van der Waals surface area contributed by atoms with Gasteiger partial charge in [-0.05, 0) is 59.7 Å². The molecular weight excluding hydrogens is 402 g/mol. The van der Waals surface area contributed by atoms with Gasteiger partial charge in [0.1, 0.15) is 18.2 Å². The summed E-state index contributed by atoms with van der Waals surface area (Å²) in [4.78, 5) is 26.5. The third-order valence-electron chi connectivity index (χ3n) is 4.54. The maximum atomic E-state index is 13.2. The van der Waals surface area contributed by atoms with Crippen molar-refractivity contribution in [3.63, 3.8) is 0 Å². The molecule has 160 valence electrons. The number of benzene rings is 3. The molecule has 0 heterocycles. The van der Waals surface area contributed by atoms with Crippen LogP contribution in [0.25, 0.3) is 0 Å². The highest BCUT2D eigenvalue weighted by Crippen LogP contribution is 2.21. The fraction of sp³-hybridized carbons (Fsp3) is 0.167. The van der Waals surface area contributed by atoms with Crippen molar-refractivity contribution in [1.82, 2.24) is 0 Å². The number of rotatable bonds is 8. The Hall–Kier alpha value is -3.58. The fourth-order valence-electron chi connectivity index (χ4n) is 3.06. The van der Waals surface area contributed by atoms with Crippen molar-refractivity contribution < 1.29 is 23.1 Å². The highest BCUT2D eigenvalue weighted by molar-refractivity contribution is 5.95. The molecule has 1 N–H and O–H groups in total. The van der Waals surface area contributed by atoms with E-state index in [1.807, 2.05) is 0 Å². The molecule has 0 spiro atoms. The highest BCUT2D eigenvalue weighted by Gasteiger charge is 2.17. The molecule has 0 bridgehead atoms. The van der Waals surface area contributed by atoms with E-state index in [-0.39, 0.29) is 43.0 Å². The Morgan fingerprint density at radius 1 is 0.903 bits per heavy atom. The summed E-state index contributed by atoms with van der Waals surface area (Å²) in [6, 6.07) is 18.5. The molecule has 2 amide bonds. The number of nitrogens with one attached hydrogen (secondary N) is 1. The molecule has 0 unspecified atom stereocenters. The van der Waals surface area contributed by atoms with Crippen LogP contribution in [-0.4, -0.2) is 25.5 Å². The summed E-state index contributed by atoms with van der Waals surface area (Å²) in [6.07, 6.45) is 0.0775. The molecule has 5 nitrogen and oxygen atoms in total. The Balaban J connectivity index is 1.76. The van der Waals surface area contributed by atoms with Gasteiger partial charge in [0.05, 0.1) is 13.0 Å². The van der Waals surface area contributed by atoms with E-state index in [0.29, 0.717) is 16.9 Å². The molecule has 3 rings (SSSR count). The van der Waals surface area contributed by atoms with E-state index in [4.69, 9.17) is 4.74 Å². The Morgan fingerprint density at radius 3 is 2.19 bits per heavy atom. The van der Waals surface area contributed by atoms with Crippen LogP contribution in [0, 0.1) is 11.6 Å². The number of ether oxygens (including phenoxy) is 1. The minimum absolute atomic E-state index is 0.0775. The van der Waals surface area contributed by atoms with E-state index in [9.17, 15) is 18.4 Å². The molecule has 0 fully saturated rings. The number of amides is 2. The van der Waals surface area contributed by atoms with Crippen LogP contribution in [0.3, 0.4) is 0 Å². The van der Waals surface area contributed by atoms with Crippen molar-refractivity contribution in [3.8, 4) is 0 Å². The Bertz CT molecular complexity index is 1040. The number of nitrogens with zero attached hydrogens (tertiary/aromatic N) is 1. The van der Waals surface area contributed by atoms with Crippen LogP contribution >= 0.6 is 0 Å². The molecule has 0 atom stereocenters. The monoisotopic (exact) mass is 424 g/mol. The van der Waals surface area contributed by atoms with Gasteiger partial charge >= 0.3 is 0 Å². The van der Waals surface area contributed by atoms with Gasteiger partial charge in [-0.3, -0.25) is 9.59 Å². The Morgan fingerprint density at radius 2 is 1.55 bits per heavy atom. The van der Waals surface area contributed by atoms with Gasteiger partial charge in [-0.15, -0.1) is 0 Å². The third kappa shape index (κ3) is 6.45. The molecule has 0 aliphatic rings. The average Bonchev–Trinajstić information content (AvgIpc) is 2.75. The lowest BCUT2D eigenvalue weighted by Crippen LogP contribution is -2.33. The second kappa shape index (κ2) is 10.4. The SMILES string of the molecule is COCC(=O)N(Cc1ccc(F)cc1)c1cccc(CC(=O)Nc2ccc(F)cc2)c1. The summed E-state index contributed by atoms with van der Waals surface area (Å²) in [5, 5.41) is 2.71. The summed E-state index contributed by atoms with van der Waals surface area (Å²) in [5.74, 6) is -1.27. The van der Waals surface area contributed by atoms with Gasteiger partial charge in [0, 0.05) is 18.5 Å². The number of carbonyl (C=O) groups excluding carboxylic acids is 2. The number of carbonyl (C=O) groups is 2. The van der Waals surface area contributed by atoms with Crippen LogP contribution in [0.1, 0.15) is 11.1 Å². The van der Waals surface area contributed by atoms with Crippen LogP contribution < -0.4 is 10.2 Å². The standard InChI is InChI=1S/C24H22F2N2O3/c1-31-16-24(30)28(15-17-5-7-19(25)8-6-17)22-4-2-3-18(13-22)14-23(29)27-21-11-9-20(26)10-12-21/h2-13H,14-16H2,1H3,(H,27,29). The molecule has 31 heavy (non-hydrogen) atoms. The van der Waals surface area contributed by atoms with Gasteiger partial charge in [0.15, 0.2) is 0 Å². The van der Waals surface area contributed by atoms with E-state index in [1.54, 1.807) is 36.4 Å². The van der Waals surface area contributed by atoms with E-state index in [0.717, 1.165) is 5.56 Å². The van der Waals surface area contributed by atoms with E-state index in [2.05, 4.69) is 5.32 Å². The second-order valence-electron chi connectivity index (χ2n) is 6.94. The number of methoxy groups -OCH3 is 1. The van der Waals surface area contributed by atoms with E-state index in [1.165, 1.54) is 48.4 Å². The first-order chi connectivity index (χ1) is 14.9.